The summed E-state index contributed by atoms with van der Waals surface area (Å²) in [6.07, 6.45) is 0. The molecule has 3 nitrogen and oxygen atoms in total. The van der Waals surface area contributed by atoms with E-state index in [1.807, 2.05) is 18.2 Å². The maximum absolute atomic E-state index is 11.6. The summed E-state index contributed by atoms with van der Waals surface area (Å²) >= 11 is 0. The van der Waals surface area contributed by atoms with E-state index in [2.05, 4.69) is 5.32 Å². The monoisotopic (exact) mass is 197 g/mol. The zero-order chi connectivity index (χ0) is 9.26. The molecule has 1 heterocycles. The molecule has 0 amide bonds. The molecule has 1 N–H and O–H groups in total. The highest BCUT2D eigenvalue weighted by molar-refractivity contribution is 7.85. The summed E-state index contributed by atoms with van der Waals surface area (Å²) in [5.74, 6) is 1.45. The Hall–Kier alpha value is -1.03. The first-order valence-corrected chi connectivity index (χ1v) is 5.44. The molecule has 1 aromatic rings. The number of para-hydroxylation sites is 1. The average molecular weight is 197 g/mol. The fourth-order valence-electron chi connectivity index (χ4n) is 1.42. The molecule has 1 unspecified atom stereocenters. The Balaban J connectivity index is 2.54. The second-order valence-corrected chi connectivity index (χ2v) is 4.35. The molecular weight excluding hydrogens is 186 g/mol. The van der Waals surface area contributed by atoms with Gasteiger partial charge in [-0.1, -0.05) is 6.07 Å². The maximum atomic E-state index is 11.6. The van der Waals surface area contributed by atoms with Crippen LogP contribution in [0, 0.1) is 0 Å². The van der Waals surface area contributed by atoms with Crippen molar-refractivity contribution in [3.8, 4) is 5.75 Å². The fraction of sp³-hybridized carbons (Fsp3) is 0.333. The molecule has 4 heteroatoms. The molecule has 0 bridgehead atoms. The van der Waals surface area contributed by atoms with Crippen molar-refractivity contribution >= 4 is 16.5 Å². The van der Waals surface area contributed by atoms with Crippen LogP contribution in [0.1, 0.15) is 0 Å². The number of rotatable bonds is 1. The lowest BCUT2D eigenvalue weighted by molar-refractivity contribution is 0.415. The summed E-state index contributed by atoms with van der Waals surface area (Å²) in [4.78, 5) is 0.852. The van der Waals surface area contributed by atoms with Crippen LogP contribution in [-0.4, -0.2) is 23.6 Å². The molecule has 0 saturated carbocycles. The molecule has 0 aliphatic carbocycles. The third kappa shape index (κ3) is 1.42. The highest BCUT2D eigenvalue weighted by Crippen LogP contribution is 2.32. The minimum Gasteiger partial charge on any atom is -0.495 e. The van der Waals surface area contributed by atoms with Crippen LogP contribution in [0.3, 0.4) is 0 Å². The highest BCUT2D eigenvalue weighted by atomic mass is 32.2. The number of fused-ring (bicyclic) bond motifs is 1. The minimum absolute atomic E-state index is 0.681. The smallest absolute Gasteiger partial charge is 0.143 e. The summed E-state index contributed by atoms with van der Waals surface area (Å²) in [6.45, 7) is 0.750. The Bertz CT molecular complexity index is 351. The van der Waals surface area contributed by atoms with Crippen LogP contribution < -0.4 is 10.1 Å². The van der Waals surface area contributed by atoms with Crippen LogP contribution in [0.4, 0.5) is 5.69 Å². The summed E-state index contributed by atoms with van der Waals surface area (Å²) in [5, 5.41) is 3.19. The van der Waals surface area contributed by atoms with Gasteiger partial charge in [0.25, 0.3) is 0 Å². The number of hydrogen-bond donors (Lipinski definition) is 1. The van der Waals surface area contributed by atoms with Gasteiger partial charge in [-0.3, -0.25) is 4.21 Å². The lowest BCUT2D eigenvalue weighted by Gasteiger charge is -2.19. The molecule has 0 fully saturated rings. The van der Waals surface area contributed by atoms with E-state index in [1.54, 1.807) is 7.11 Å². The Morgan fingerprint density at radius 1 is 1.54 bits per heavy atom. The Labute approximate surface area is 79.6 Å². The van der Waals surface area contributed by atoms with E-state index in [-0.39, 0.29) is 0 Å². The summed E-state index contributed by atoms with van der Waals surface area (Å²) in [7, 11) is 0.750. The van der Waals surface area contributed by atoms with Gasteiger partial charge in [0, 0.05) is 12.3 Å². The third-order valence-corrected chi connectivity index (χ3v) is 3.45. The van der Waals surface area contributed by atoms with Crippen molar-refractivity contribution in [3.05, 3.63) is 18.2 Å². The topological polar surface area (TPSA) is 38.3 Å². The molecule has 70 valence electrons. The van der Waals surface area contributed by atoms with Gasteiger partial charge in [0.1, 0.15) is 5.75 Å². The number of benzene rings is 1. The van der Waals surface area contributed by atoms with Gasteiger partial charge in [-0.15, -0.1) is 0 Å². The van der Waals surface area contributed by atoms with Gasteiger partial charge in [-0.2, -0.15) is 0 Å². The van der Waals surface area contributed by atoms with Crippen molar-refractivity contribution in [1.29, 1.82) is 0 Å². The second-order valence-electron chi connectivity index (χ2n) is 2.81. The highest BCUT2D eigenvalue weighted by Gasteiger charge is 2.18. The van der Waals surface area contributed by atoms with E-state index < -0.39 is 10.8 Å². The van der Waals surface area contributed by atoms with Gasteiger partial charge in [-0.25, -0.2) is 0 Å². The van der Waals surface area contributed by atoms with E-state index >= 15 is 0 Å². The van der Waals surface area contributed by atoms with Gasteiger partial charge >= 0.3 is 0 Å². The summed E-state index contributed by atoms with van der Waals surface area (Å²) in [6, 6.07) is 5.61. The molecular formula is C9H11NO2S. The third-order valence-electron chi connectivity index (χ3n) is 2.04. The van der Waals surface area contributed by atoms with E-state index in [4.69, 9.17) is 4.74 Å². The van der Waals surface area contributed by atoms with Crippen molar-refractivity contribution in [1.82, 2.24) is 0 Å². The van der Waals surface area contributed by atoms with Crippen LogP contribution in [0.5, 0.6) is 5.75 Å². The Kier molecular flexibility index (Phi) is 2.22. The minimum atomic E-state index is -0.870. The van der Waals surface area contributed by atoms with E-state index in [0.29, 0.717) is 5.75 Å². The number of nitrogens with one attached hydrogen (secondary N) is 1. The van der Waals surface area contributed by atoms with E-state index in [1.165, 1.54) is 0 Å². The molecule has 1 atom stereocenters. The predicted octanol–water partition coefficient (Wildman–Crippen LogP) is 1.23. The van der Waals surface area contributed by atoms with E-state index in [9.17, 15) is 4.21 Å². The average Bonchev–Trinajstić information content (AvgIpc) is 2.18. The zero-order valence-electron chi connectivity index (χ0n) is 7.37. The van der Waals surface area contributed by atoms with Crippen molar-refractivity contribution in [2.24, 2.45) is 0 Å². The van der Waals surface area contributed by atoms with Gasteiger partial charge in [0.05, 0.1) is 28.5 Å². The first-order valence-electron chi connectivity index (χ1n) is 4.12. The van der Waals surface area contributed by atoms with E-state index in [0.717, 1.165) is 22.9 Å². The Morgan fingerprint density at radius 2 is 2.38 bits per heavy atom. The second kappa shape index (κ2) is 3.38. The SMILES string of the molecule is COc1cccc2c1NCCS2=O. The summed E-state index contributed by atoms with van der Waals surface area (Å²) in [5.41, 5.74) is 0.884. The molecule has 2 rings (SSSR count). The molecule has 1 aliphatic heterocycles. The number of hydrogen-bond acceptors (Lipinski definition) is 3. The fourth-order valence-corrected chi connectivity index (χ4v) is 2.56. The lowest BCUT2D eigenvalue weighted by Crippen LogP contribution is -2.19. The van der Waals surface area contributed by atoms with Gasteiger partial charge in [0.15, 0.2) is 0 Å². The van der Waals surface area contributed by atoms with Crippen molar-refractivity contribution < 1.29 is 8.95 Å². The summed E-state index contributed by atoms with van der Waals surface area (Å²) < 4.78 is 16.7. The normalized spacial score (nSPS) is 20.2. The van der Waals surface area contributed by atoms with Crippen LogP contribution >= 0.6 is 0 Å². The first-order chi connectivity index (χ1) is 6.33. The molecule has 0 radical (unpaired) electrons. The lowest BCUT2D eigenvalue weighted by atomic mass is 10.3. The molecule has 0 aromatic heterocycles. The van der Waals surface area contributed by atoms with Crippen LogP contribution in [-0.2, 0) is 10.8 Å². The number of anilines is 1. The molecule has 1 aromatic carbocycles. The van der Waals surface area contributed by atoms with Crippen LogP contribution in [0.15, 0.2) is 23.1 Å². The standard InChI is InChI=1S/C9H11NO2S/c1-12-7-3-2-4-8-9(7)10-5-6-13(8)11/h2-4,10H,5-6H2,1H3. The number of ether oxygens (including phenoxy) is 1. The van der Waals surface area contributed by atoms with Crippen LogP contribution in [0.2, 0.25) is 0 Å². The molecule has 13 heavy (non-hydrogen) atoms. The Morgan fingerprint density at radius 3 is 3.15 bits per heavy atom. The first kappa shape index (κ1) is 8.56. The van der Waals surface area contributed by atoms with Crippen molar-refractivity contribution in [2.45, 2.75) is 4.90 Å². The predicted molar refractivity (Wildman–Crippen MR) is 52.8 cm³/mol. The molecule has 0 saturated heterocycles. The zero-order valence-corrected chi connectivity index (χ0v) is 8.19. The molecule has 0 spiro atoms. The van der Waals surface area contributed by atoms with Gasteiger partial charge < -0.3 is 10.1 Å². The quantitative estimate of drug-likeness (QED) is 0.736. The van der Waals surface area contributed by atoms with Crippen molar-refractivity contribution in [2.75, 3.05) is 24.7 Å². The van der Waals surface area contributed by atoms with Crippen LogP contribution in [0.25, 0.3) is 0 Å². The maximum Gasteiger partial charge on any atom is 0.143 e. The number of methoxy groups -OCH3 is 1. The molecule has 1 aliphatic rings. The largest absolute Gasteiger partial charge is 0.495 e. The van der Waals surface area contributed by atoms with Crippen molar-refractivity contribution in [3.63, 3.8) is 0 Å². The van der Waals surface area contributed by atoms with Gasteiger partial charge in [0.2, 0.25) is 0 Å². The van der Waals surface area contributed by atoms with Gasteiger partial charge in [-0.05, 0) is 12.1 Å².